The van der Waals surface area contributed by atoms with E-state index in [1.54, 1.807) is 0 Å². The number of carbonyl (C=O) groups is 1. The Morgan fingerprint density at radius 3 is 2.82 bits per heavy atom. The highest BCUT2D eigenvalue weighted by Gasteiger charge is 2.11. The summed E-state index contributed by atoms with van der Waals surface area (Å²) in [5.74, 6) is -2.01. The third-order valence-corrected chi connectivity index (χ3v) is 2.18. The molecule has 0 heterocycles. The van der Waals surface area contributed by atoms with Gasteiger partial charge in [0.1, 0.15) is 5.82 Å². The highest BCUT2D eigenvalue weighted by molar-refractivity contribution is 5.88. The Morgan fingerprint density at radius 2 is 2.29 bits per heavy atom. The number of ether oxygens (including phenoxy) is 1. The van der Waals surface area contributed by atoms with Crippen molar-refractivity contribution >= 4 is 11.7 Å². The van der Waals surface area contributed by atoms with Crippen molar-refractivity contribution in [2.75, 3.05) is 18.5 Å². The Bertz CT molecular complexity index is 395. The molecule has 0 aliphatic rings. The lowest BCUT2D eigenvalue weighted by molar-refractivity contribution is 0.0692. The quantitative estimate of drug-likeness (QED) is 0.802. The molecule has 0 aliphatic heterocycles. The summed E-state index contributed by atoms with van der Waals surface area (Å²) in [6.07, 6.45) is 0. The smallest absolute Gasteiger partial charge is 0.338 e. The fourth-order valence-corrected chi connectivity index (χ4v) is 1.40. The number of anilines is 1. The van der Waals surface area contributed by atoms with Crippen LogP contribution in [0.25, 0.3) is 0 Å². The molecule has 2 N–H and O–H groups in total. The first-order chi connectivity index (χ1) is 8.04. The summed E-state index contributed by atoms with van der Waals surface area (Å²) in [6, 6.07) is 3.99. The lowest BCUT2D eigenvalue weighted by Gasteiger charge is -2.15. The average molecular weight is 241 g/mol. The lowest BCUT2D eigenvalue weighted by Crippen LogP contribution is -2.21. The zero-order valence-corrected chi connectivity index (χ0v) is 9.87. The Morgan fingerprint density at radius 1 is 1.59 bits per heavy atom. The molecule has 94 valence electrons. The predicted molar refractivity (Wildman–Crippen MR) is 62.9 cm³/mol. The van der Waals surface area contributed by atoms with Gasteiger partial charge < -0.3 is 15.2 Å². The summed E-state index contributed by atoms with van der Waals surface area (Å²) in [6.45, 7) is 4.93. The van der Waals surface area contributed by atoms with E-state index in [9.17, 15) is 9.18 Å². The van der Waals surface area contributed by atoms with Gasteiger partial charge in [-0.1, -0.05) is 0 Å². The molecule has 0 amide bonds. The van der Waals surface area contributed by atoms with E-state index in [1.807, 2.05) is 13.8 Å². The van der Waals surface area contributed by atoms with Crippen molar-refractivity contribution in [2.45, 2.75) is 19.9 Å². The summed E-state index contributed by atoms with van der Waals surface area (Å²) >= 11 is 0. The summed E-state index contributed by atoms with van der Waals surface area (Å²) < 4.78 is 18.6. The van der Waals surface area contributed by atoms with Crippen LogP contribution in [0.5, 0.6) is 0 Å². The second kappa shape index (κ2) is 6.20. The van der Waals surface area contributed by atoms with E-state index < -0.39 is 11.8 Å². The SMILES string of the molecule is CCOCC(C)Nc1ccc(C(=O)O)c(F)c1. The van der Waals surface area contributed by atoms with E-state index in [2.05, 4.69) is 5.32 Å². The molecular formula is C12H16FNO3. The van der Waals surface area contributed by atoms with E-state index >= 15 is 0 Å². The van der Waals surface area contributed by atoms with Gasteiger partial charge in [-0.15, -0.1) is 0 Å². The Labute approximate surface area is 99.4 Å². The zero-order valence-electron chi connectivity index (χ0n) is 9.87. The number of nitrogens with one attached hydrogen (secondary N) is 1. The van der Waals surface area contributed by atoms with Crippen LogP contribution in [0.3, 0.4) is 0 Å². The van der Waals surface area contributed by atoms with Crippen LogP contribution in [0.4, 0.5) is 10.1 Å². The van der Waals surface area contributed by atoms with Gasteiger partial charge in [0.25, 0.3) is 0 Å². The molecular weight excluding hydrogens is 225 g/mol. The van der Waals surface area contributed by atoms with Gasteiger partial charge in [0.05, 0.1) is 12.2 Å². The van der Waals surface area contributed by atoms with Crippen LogP contribution in [0.1, 0.15) is 24.2 Å². The predicted octanol–water partition coefficient (Wildman–Crippen LogP) is 2.36. The number of halogens is 1. The number of aromatic carboxylic acids is 1. The summed E-state index contributed by atoms with van der Waals surface area (Å²) in [4.78, 5) is 10.6. The largest absolute Gasteiger partial charge is 0.478 e. The number of rotatable bonds is 6. The molecule has 0 saturated heterocycles. The van der Waals surface area contributed by atoms with Crippen molar-refractivity contribution in [3.05, 3.63) is 29.6 Å². The first-order valence-corrected chi connectivity index (χ1v) is 5.41. The molecule has 0 aromatic heterocycles. The monoisotopic (exact) mass is 241 g/mol. The molecule has 0 radical (unpaired) electrons. The van der Waals surface area contributed by atoms with Crippen molar-refractivity contribution in [3.8, 4) is 0 Å². The normalized spacial score (nSPS) is 12.2. The highest BCUT2D eigenvalue weighted by atomic mass is 19.1. The standard InChI is InChI=1S/C12H16FNO3/c1-3-17-7-8(2)14-9-4-5-10(12(15)16)11(13)6-9/h4-6,8,14H,3,7H2,1-2H3,(H,15,16). The molecule has 1 rings (SSSR count). The topological polar surface area (TPSA) is 58.6 Å². The van der Waals surface area contributed by atoms with Crippen LogP contribution < -0.4 is 5.32 Å². The van der Waals surface area contributed by atoms with Gasteiger partial charge >= 0.3 is 5.97 Å². The van der Waals surface area contributed by atoms with Crippen molar-refractivity contribution < 1.29 is 19.0 Å². The average Bonchev–Trinajstić information content (AvgIpc) is 2.26. The van der Waals surface area contributed by atoms with Crippen LogP contribution in [0, 0.1) is 5.82 Å². The van der Waals surface area contributed by atoms with Crippen LogP contribution >= 0.6 is 0 Å². The maximum atomic E-state index is 13.4. The molecule has 0 bridgehead atoms. The Balaban J connectivity index is 2.67. The second-order valence-corrected chi connectivity index (χ2v) is 3.70. The number of carboxylic acid groups (broad SMARTS) is 1. The molecule has 0 fully saturated rings. The molecule has 4 nitrogen and oxygen atoms in total. The minimum Gasteiger partial charge on any atom is -0.478 e. The van der Waals surface area contributed by atoms with Gasteiger partial charge in [0.15, 0.2) is 0 Å². The molecule has 0 saturated carbocycles. The van der Waals surface area contributed by atoms with Crippen molar-refractivity contribution in [2.24, 2.45) is 0 Å². The molecule has 1 aromatic carbocycles. The van der Waals surface area contributed by atoms with Gasteiger partial charge in [-0.2, -0.15) is 0 Å². The van der Waals surface area contributed by atoms with E-state index in [0.717, 1.165) is 0 Å². The molecule has 17 heavy (non-hydrogen) atoms. The van der Waals surface area contributed by atoms with E-state index in [-0.39, 0.29) is 11.6 Å². The first-order valence-electron chi connectivity index (χ1n) is 5.41. The van der Waals surface area contributed by atoms with Crippen molar-refractivity contribution in [1.29, 1.82) is 0 Å². The maximum Gasteiger partial charge on any atom is 0.338 e. The molecule has 1 unspecified atom stereocenters. The van der Waals surface area contributed by atoms with Gasteiger partial charge in [0.2, 0.25) is 0 Å². The minimum absolute atomic E-state index is 0.0324. The van der Waals surface area contributed by atoms with Crippen molar-refractivity contribution in [3.63, 3.8) is 0 Å². The first kappa shape index (κ1) is 13.4. The lowest BCUT2D eigenvalue weighted by atomic mass is 10.2. The van der Waals surface area contributed by atoms with E-state index in [4.69, 9.17) is 9.84 Å². The van der Waals surface area contributed by atoms with E-state index in [0.29, 0.717) is 18.9 Å². The number of benzene rings is 1. The molecule has 1 atom stereocenters. The summed E-state index contributed by atoms with van der Waals surface area (Å²) in [5, 5.41) is 11.7. The van der Waals surface area contributed by atoms with E-state index in [1.165, 1.54) is 18.2 Å². The number of hydrogen-bond acceptors (Lipinski definition) is 3. The Hall–Kier alpha value is -1.62. The highest BCUT2D eigenvalue weighted by Crippen LogP contribution is 2.15. The van der Waals surface area contributed by atoms with Crippen LogP contribution in [0.2, 0.25) is 0 Å². The van der Waals surface area contributed by atoms with Crippen LogP contribution in [-0.2, 0) is 4.74 Å². The third kappa shape index (κ3) is 4.03. The molecule has 5 heteroatoms. The zero-order chi connectivity index (χ0) is 12.8. The number of carboxylic acids is 1. The fraction of sp³-hybridized carbons (Fsp3) is 0.417. The summed E-state index contributed by atoms with van der Waals surface area (Å²) in [5.41, 5.74) is 0.215. The second-order valence-electron chi connectivity index (χ2n) is 3.70. The fourth-order valence-electron chi connectivity index (χ4n) is 1.40. The van der Waals surface area contributed by atoms with Gasteiger partial charge in [-0.25, -0.2) is 9.18 Å². The molecule has 1 aromatic rings. The van der Waals surface area contributed by atoms with Crippen molar-refractivity contribution in [1.82, 2.24) is 0 Å². The molecule has 0 spiro atoms. The van der Waals surface area contributed by atoms with Gasteiger partial charge in [-0.3, -0.25) is 0 Å². The number of hydrogen-bond donors (Lipinski definition) is 2. The third-order valence-electron chi connectivity index (χ3n) is 2.18. The van der Waals surface area contributed by atoms with Crippen LogP contribution in [0.15, 0.2) is 18.2 Å². The Kier molecular flexibility index (Phi) is 4.90. The van der Waals surface area contributed by atoms with Gasteiger partial charge in [0, 0.05) is 18.3 Å². The van der Waals surface area contributed by atoms with Crippen LogP contribution in [-0.4, -0.2) is 30.3 Å². The molecule has 0 aliphatic carbocycles. The summed E-state index contributed by atoms with van der Waals surface area (Å²) in [7, 11) is 0. The maximum absolute atomic E-state index is 13.4. The van der Waals surface area contributed by atoms with Gasteiger partial charge in [-0.05, 0) is 32.0 Å². The minimum atomic E-state index is -1.27.